The molecule has 7 nitrogen and oxygen atoms in total. The molecule has 2 aromatic heterocycles. The number of pyridine rings is 1. The van der Waals surface area contributed by atoms with Crippen molar-refractivity contribution in [2.45, 2.75) is 70.5 Å². The van der Waals surface area contributed by atoms with Crippen molar-refractivity contribution in [1.82, 2.24) is 20.2 Å². The molecule has 4 rings (SSSR count). The Kier molecular flexibility index (Phi) is 8.30. The van der Waals surface area contributed by atoms with Crippen molar-refractivity contribution < 1.29 is 27.1 Å². The highest BCUT2D eigenvalue weighted by Gasteiger charge is 2.29. The summed E-state index contributed by atoms with van der Waals surface area (Å²) < 4.78 is 47.4. The van der Waals surface area contributed by atoms with Gasteiger partial charge in [0, 0.05) is 44.2 Å². The molecule has 0 radical (unpaired) electrons. The second-order valence-corrected chi connectivity index (χ2v) is 9.60. The second kappa shape index (κ2) is 11.4. The summed E-state index contributed by atoms with van der Waals surface area (Å²) in [4.78, 5) is 23.0. The monoisotopic (exact) mass is 494 g/mol. The first-order chi connectivity index (χ1) is 16.7. The van der Waals surface area contributed by atoms with Gasteiger partial charge in [0.2, 0.25) is 11.8 Å². The molecule has 1 aliphatic heterocycles. The number of hydrogen-bond acceptors (Lipinski definition) is 6. The van der Waals surface area contributed by atoms with Gasteiger partial charge in [-0.15, -0.1) is 0 Å². The molecule has 10 heteroatoms. The maximum absolute atomic E-state index is 12.4. The average Bonchev–Trinajstić information content (AvgIpc) is 3.10. The van der Waals surface area contributed by atoms with E-state index in [0.29, 0.717) is 24.0 Å². The van der Waals surface area contributed by atoms with Gasteiger partial charge in [0.1, 0.15) is 5.76 Å². The molecule has 1 N–H and O–H groups in total. The number of hydrogen-bond donors (Lipinski definition) is 1. The van der Waals surface area contributed by atoms with Gasteiger partial charge in [-0.05, 0) is 56.6 Å². The first-order valence-corrected chi connectivity index (χ1v) is 12.3. The Bertz CT molecular complexity index is 987. The Balaban J connectivity index is 1.16. The number of fused-ring (bicyclic) bond motifs is 1. The van der Waals surface area contributed by atoms with Crippen LogP contribution in [-0.2, 0) is 24.1 Å². The van der Waals surface area contributed by atoms with Crippen LogP contribution in [-0.4, -0.2) is 59.2 Å². The highest BCUT2D eigenvalue weighted by Crippen LogP contribution is 2.28. The summed E-state index contributed by atoms with van der Waals surface area (Å²) in [6.45, 7) is 3.20. The highest BCUT2D eigenvalue weighted by molar-refractivity contribution is 5.78. The Morgan fingerprint density at radius 2 is 1.97 bits per heavy atom. The van der Waals surface area contributed by atoms with Crippen molar-refractivity contribution in [1.29, 1.82) is 0 Å². The standard InChI is InChI=1S/C25H33F3N4O3/c1-17-29-15-21(35-17)14-23(33)30-20-5-2-18(3-6-20)8-11-32-12-9-19-4-7-24(31-22(19)10-13-32)34-16-25(26,27)28/h4,7,15,18,20H,2-3,5-6,8-14,16H2,1H3,(H,30,33)/t18-,20-. The smallest absolute Gasteiger partial charge is 0.422 e. The lowest BCUT2D eigenvalue weighted by atomic mass is 9.84. The summed E-state index contributed by atoms with van der Waals surface area (Å²) in [5, 5.41) is 3.13. The van der Waals surface area contributed by atoms with Gasteiger partial charge in [-0.25, -0.2) is 9.97 Å². The molecule has 1 saturated carbocycles. The third-order valence-corrected chi connectivity index (χ3v) is 6.86. The fourth-order valence-electron chi connectivity index (χ4n) is 4.95. The lowest BCUT2D eigenvalue weighted by molar-refractivity contribution is -0.154. The zero-order valence-electron chi connectivity index (χ0n) is 20.1. The van der Waals surface area contributed by atoms with Crippen molar-refractivity contribution in [3.8, 4) is 5.88 Å². The summed E-state index contributed by atoms with van der Waals surface area (Å²) in [5.74, 6) is 1.82. The molecule has 0 aromatic carbocycles. The number of halogens is 3. The van der Waals surface area contributed by atoms with Crippen molar-refractivity contribution >= 4 is 5.91 Å². The van der Waals surface area contributed by atoms with Gasteiger partial charge < -0.3 is 19.4 Å². The molecular weight excluding hydrogens is 461 g/mol. The summed E-state index contributed by atoms with van der Waals surface area (Å²) in [5.41, 5.74) is 1.92. The number of carbonyl (C=O) groups excluding carboxylic acids is 1. The first-order valence-electron chi connectivity index (χ1n) is 12.3. The van der Waals surface area contributed by atoms with Gasteiger partial charge in [0.25, 0.3) is 0 Å². The van der Waals surface area contributed by atoms with Crippen LogP contribution in [0.25, 0.3) is 0 Å². The Labute approximate surface area is 203 Å². The summed E-state index contributed by atoms with van der Waals surface area (Å²) in [7, 11) is 0. The van der Waals surface area contributed by atoms with Crippen molar-refractivity contribution in [2.24, 2.45) is 5.92 Å². The van der Waals surface area contributed by atoms with Gasteiger partial charge in [-0.1, -0.05) is 6.07 Å². The van der Waals surface area contributed by atoms with Crippen molar-refractivity contribution in [3.63, 3.8) is 0 Å². The number of carbonyl (C=O) groups is 1. The molecular formula is C25H33F3N4O3. The van der Waals surface area contributed by atoms with Crippen LogP contribution in [0.1, 0.15) is 55.0 Å². The fourth-order valence-corrected chi connectivity index (χ4v) is 4.95. The van der Waals surface area contributed by atoms with E-state index in [1.165, 1.54) is 6.07 Å². The molecule has 2 aromatic rings. The van der Waals surface area contributed by atoms with Crippen LogP contribution < -0.4 is 10.1 Å². The van der Waals surface area contributed by atoms with Gasteiger partial charge in [-0.2, -0.15) is 13.2 Å². The minimum atomic E-state index is -4.37. The normalized spacial score (nSPS) is 21.3. The number of amides is 1. The van der Waals surface area contributed by atoms with Crippen LogP contribution in [0.5, 0.6) is 5.88 Å². The number of alkyl halides is 3. The molecule has 0 unspecified atom stereocenters. The van der Waals surface area contributed by atoms with Crippen molar-refractivity contribution in [2.75, 3.05) is 26.2 Å². The number of ether oxygens (including phenoxy) is 1. The molecule has 3 heterocycles. The average molecular weight is 495 g/mol. The summed E-state index contributed by atoms with van der Waals surface area (Å²) >= 11 is 0. The third kappa shape index (κ3) is 7.95. The molecule has 35 heavy (non-hydrogen) atoms. The van der Waals surface area contributed by atoms with Gasteiger partial charge in [-0.3, -0.25) is 4.79 Å². The van der Waals surface area contributed by atoms with Crippen LogP contribution in [0, 0.1) is 12.8 Å². The number of nitrogens with zero attached hydrogens (tertiary/aromatic N) is 3. The summed E-state index contributed by atoms with van der Waals surface area (Å²) in [6.07, 6.45) is 4.29. The fraction of sp³-hybridized carbons (Fsp3) is 0.640. The Morgan fingerprint density at radius 1 is 1.20 bits per heavy atom. The van der Waals surface area contributed by atoms with Gasteiger partial charge >= 0.3 is 6.18 Å². The van der Waals surface area contributed by atoms with E-state index in [4.69, 9.17) is 9.15 Å². The molecule has 0 bridgehead atoms. The second-order valence-electron chi connectivity index (χ2n) is 9.60. The minimum Gasteiger partial charge on any atom is -0.468 e. The maximum atomic E-state index is 12.4. The van der Waals surface area contributed by atoms with Gasteiger partial charge in [0.15, 0.2) is 12.5 Å². The molecule has 0 atom stereocenters. The van der Waals surface area contributed by atoms with E-state index in [9.17, 15) is 18.0 Å². The number of aryl methyl sites for hydroxylation is 1. The quantitative estimate of drug-likeness (QED) is 0.597. The third-order valence-electron chi connectivity index (χ3n) is 6.86. The van der Waals surface area contributed by atoms with E-state index in [0.717, 1.165) is 69.4 Å². The molecule has 1 amide bonds. The van der Waals surface area contributed by atoms with Crippen LogP contribution in [0.15, 0.2) is 22.7 Å². The lowest BCUT2D eigenvalue weighted by Gasteiger charge is -2.30. The molecule has 1 aliphatic carbocycles. The van der Waals surface area contributed by atoms with E-state index in [1.807, 2.05) is 6.07 Å². The predicted molar refractivity (Wildman–Crippen MR) is 123 cm³/mol. The van der Waals surface area contributed by atoms with E-state index in [1.54, 1.807) is 13.1 Å². The van der Waals surface area contributed by atoms with Crippen molar-refractivity contribution in [3.05, 3.63) is 41.2 Å². The van der Waals surface area contributed by atoms with Crippen LogP contribution in [0.3, 0.4) is 0 Å². The highest BCUT2D eigenvalue weighted by atomic mass is 19.4. The molecule has 0 spiro atoms. The minimum absolute atomic E-state index is 0.0192. The molecule has 0 saturated heterocycles. The molecule has 1 fully saturated rings. The number of oxazole rings is 1. The number of aromatic nitrogens is 2. The topological polar surface area (TPSA) is 80.5 Å². The molecule has 2 aliphatic rings. The molecule has 192 valence electrons. The van der Waals surface area contributed by atoms with E-state index in [2.05, 4.69) is 20.2 Å². The zero-order valence-corrected chi connectivity index (χ0v) is 20.1. The van der Waals surface area contributed by atoms with Crippen LogP contribution >= 0.6 is 0 Å². The van der Waals surface area contributed by atoms with Crippen LogP contribution in [0.4, 0.5) is 13.2 Å². The summed E-state index contributed by atoms with van der Waals surface area (Å²) in [6, 6.07) is 3.59. The number of nitrogens with one attached hydrogen (secondary N) is 1. The zero-order chi connectivity index (χ0) is 24.8. The largest absolute Gasteiger partial charge is 0.468 e. The SMILES string of the molecule is Cc1ncc(CC(=O)N[C@H]2CC[C@H](CCN3CCc4ccc(OCC(F)(F)F)nc4CC3)CC2)o1. The first kappa shape index (κ1) is 25.5. The maximum Gasteiger partial charge on any atom is 0.422 e. The predicted octanol–water partition coefficient (Wildman–Crippen LogP) is 4.03. The Morgan fingerprint density at radius 3 is 2.69 bits per heavy atom. The van der Waals surface area contributed by atoms with E-state index >= 15 is 0 Å². The van der Waals surface area contributed by atoms with E-state index < -0.39 is 12.8 Å². The van der Waals surface area contributed by atoms with Crippen LogP contribution in [0.2, 0.25) is 0 Å². The Hall–Kier alpha value is -2.62. The van der Waals surface area contributed by atoms with E-state index in [-0.39, 0.29) is 24.2 Å². The van der Waals surface area contributed by atoms with Gasteiger partial charge in [0.05, 0.1) is 12.6 Å². The number of rotatable bonds is 8. The lowest BCUT2D eigenvalue weighted by Crippen LogP contribution is -2.39.